The van der Waals surface area contributed by atoms with Gasteiger partial charge in [-0.2, -0.15) is 0 Å². The number of morpholine rings is 1. The third kappa shape index (κ3) is 5.37. The second-order valence-corrected chi connectivity index (χ2v) is 8.09. The molecule has 1 aliphatic heterocycles. The summed E-state index contributed by atoms with van der Waals surface area (Å²) < 4.78 is 5.40. The molecule has 2 aliphatic rings. The molecule has 0 bridgehead atoms. The quantitative estimate of drug-likeness (QED) is 0.806. The van der Waals surface area contributed by atoms with Crippen molar-refractivity contribution in [2.24, 2.45) is 0 Å². The summed E-state index contributed by atoms with van der Waals surface area (Å²) >= 11 is 7.31. The molecule has 7 heteroatoms. The minimum absolute atomic E-state index is 0.556. The Morgan fingerprint density at radius 3 is 2.88 bits per heavy atom. The van der Waals surface area contributed by atoms with Gasteiger partial charge in [0.25, 0.3) is 0 Å². The van der Waals surface area contributed by atoms with Crippen LogP contribution < -0.4 is 5.32 Å². The molecule has 1 aromatic rings. The van der Waals surface area contributed by atoms with Crippen LogP contribution in [-0.2, 0) is 17.8 Å². The van der Waals surface area contributed by atoms with Gasteiger partial charge in [0.05, 0.1) is 32.0 Å². The van der Waals surface area contributed by atoms with E-state index in [0.717, 1.165) is 50.2 Å². The zero-order valence-electron chi connectivity index (χ0n) is 14.5. The van der Waals surface area contributed by atoms with Crippen LogP contribution in [0.15, 0.2) is 5.38 Å². The molecule has 2 fully saturated rings. The zero-order valence-corrected chi connectivity index (χ0v) is 16.1. The molecule has 0 atom stereocenters. The van der Waals surface area contributed by atoms with Gasteiger partial charge in [0.2, 0.25) is 0 Å². The Labute approximate surface area is 154 Å². The van der Waals surface area contributed by atoms with Crippen molar-refractivity contribution in [3.8, 4) is 0 Å². The van der Waals surface area contributed by atoms with Gasteiger partial charge in [0, 0.05) is 31.6 Å². The number of ether oxygens (including phenoxy) is 1. The van der Waals surface area contributed by atoms with E-state index in [1.807, 2.05) is 0 Å². The van der Waals surface area contributed by atoms with Gasteiger partial charge in [0.1, 0.15) is 5.01 Å². The Hall–Kier alpha value is -0.760. The monoisotopic (exact) mass is 368 g/mol. The number of thiazole rings is 1. The van der Waals surface area contributed by atoms with Gasteiger partial charge in [-0.25, -0.2) is 4.98 Å². The lowest BCUT2D eigenvalue weighted by Gasteiger charge is -2.28. The molecular formula is C17H28N4OS2. The summed E-state index contributed by atoms with van der Waals surface area (Å²) in [6, 6.07) is 0.556. The van der Waals surface area contributed by atoms with Crippen molar-refractivity contribution in [1.29, 1.82) is 0 Å². The molecule has 24 heavy (non-hydrogen) atoms. The normalized spacial score (nSPS) is 20.0. The van der Waals surface area contributed by atoms with E-state index in [1.165, 1.54) is 37.1 Å². The lowest BCUT2D eigenvalue weighted by molar-refractivity contribution is 0.0341. The Bertz CT molecular complexity index is 524. The highest BCUT2D eigenvalue weighted by Crippen LogP contribution is 2.18. The van der Waals surface area contributed by atoms with E-state index in [2.05, 4.69) is 27.5 Å². The second-order valence-electron chi connectivity index (χ2n) is 6.76. The van der Waals surface area contributed by atoms with Crippen molar-refractivity contribution >= 4 is 28.7 Å². The first-order valence-corrected chi connectivity index (χ1v) is 10.2. The fourth-order valence-electron chi connectivity index (χ4n) is 3.29. The van der Waals surface area contributed by atoms with E-state index in [0.29, 0.717) is 6.04 Å². The van der Waals surface area contributed by atoms with Gasteiger partial charge < -0.3 is 15.0 Å². The van der Waals surface area contributed by atoms with Gasteiger partial charge in [0.15, 0.2) is 5.11 Å². The third-order valence-electron chi connectivity index (χ3n) is 4.74. The van der Waals surface area contributed by atoms with Gasteiger partial charge in [-0.3, -0.25) is 4.90 Å². The molecule has 1 aromatic heterocycles. The first-order valence-electron chi connectivity index (χ1n) is 8.96. The topological polar surface area (TPSA) is 40.6 Å². The largest absolute Gasteiger partial charge is 0.379 e. The highest BCUT2D eigenvalue weighted by atomic mass is 32.1. The molecule has 1 N–H and O–H groups in total. The minimum atomic E-state index is 0.556. The first-order chi connectivity index (χ1) is 11.7. The third-order valence-corrected chi connectivity index (χ3v) is 6.05. The predicted octanol–water partition coefficient (Wildman–Crippen LogP) is 2.61. The average molecular weight is 369 g/mol. The van der Waals surface area contributed by atoms with Crippen LogP contribution in [0.25, 0.3) is 0 Å². The number of rotatable bonds is 5. The second kappa shape index (κ2) is 9.08. The molecule has 5 nitrogen and oxygen atoms in total. The Balaban J connectivity index is 1.45. The van der Waals surface area contributed by atoms with Crippen molar-refractivity contribution in [1.82, 2.24) is 20.1 Å². The van der Waals surface area contributed by atoms with E-state index in [4.69, 9.17) is 21.9 Å². The van der Waals surface area contributed by atoms with Gasteiger partial charge in [-0.05, 0) is 25.1 Å². The van der Waals surface area contributed by atoms with Crippen LogP contribution in [0, 0.1) is 0 Å². The predicted molar refractivity (Wildman–Crippen MR) is 102 cm³/mol. The molecule has 1 saturated carbocycles. The fourth-order valence-corrected chi connectivity index (χ4v) is 4.35. The standard InChI is InChI=1S/C17H28N4OS2/c1-20(17(23)19-14-5-3-2-4-6-14)11-15-13-24-16(18-15)12-21-7-9-22-10-8-21/h13-14H,2-12H2,1H3,(H,19,23). The van der Waals surface area contributed by atoms with Gasteiger partial charge >= 0.3 is 0 Å². The van der Waals surface area contributed by atoms with Crippen molar-refractivity contribution in [3.63, 3.8) is 0 Å². The molecule has 0 amide bonds. The highest BCUT2D eigenvalue weighted by molar-refractivity contribution is 7.80. The van der Waals surface area contributed by atoms with Gasteiger partial charge in [-0.1, -0.05) is 19.3 Å². The molecule has 1 saturated heterocycles. The summed E-state index contributed by atoms with van der Waals surface area (Å²) in [5.74, 6) is 0. The number of thiocarbonyl (C=S) groups is 1. The highest BCUT2D eigenvalue weighted by Gasteiger charge is 2.17. The van der Waals surface area contributed by atoms with Crippen LogP contribution in [0.5, 0.6) is 0 Å². The van der Waals surface area contributed by atoms with Gasteiger partial charge in [-0.15, -0.1) is 11.3 Å². The number of hydrogen-bond acceptors (Lipinski definition) is 5. The Kier molecular flexibility index (Phi) is 6.83. The van der Waals surface area contributed by atoms with Crippen LogP contribution in [0.4, 0.5) is 0 Å². The summed E-state index contributed by atoms with van der Waals surface area (Å²) in [4.78, 5) is 9.30. The molecule has 0 aromatic carbocycles. The van der Waals surface area contributed by atoms with Crippen molar-refractivity contribution in [2.75, 3.05) is 33.4 Å². The van der Waals surface area contributed by atoms with E-state index in [-0.39, 0.29) is 0 Å². The summed E-state index contributed by atoms with van der Waals surface area (Å²) in [5.41, 5.74) is 1.11. The van der Waals surface area contributed by atoms with Crippen molar-refractivity contribution in [2.45, 2.75) is 51.2 Å². The number of nitrogens with zero attached hydrogens (tertiary/aromatic N) is 3. The minimum Gasteiger partial charge on any atom is -0.379 e. The van der Waals surface area contributed by atoms with E-state index >= 15 is 0 Å². The molecule has 0 unspecified atom stereocenters. The number of aromatic nitrogens is 1. The number of nitrogens with one attached hydrogen (secondary N) is 1. The van der Waals surface area contributed by atoms with Crippen LogP contribution in [0.1, 0.15) is 42.8 Å². The maximum atomic E-state index is 5.56. The van der Waals surface area contributed by atoms with E-state index in [1.54, 1.807) is 11.3 Å². The van der Waals surface area contributed by atoms with Crippen molar-refractivity contribution < 1.29 is 4.74 Å². The maximum Gasteiger partial charge on any atom is 0.169 e. The SMILES string of the molecule is CN(Cc1csc(CN2CCOCC2)n1)C(=S)NC1CCCCC1. The molecule has 1 aliphatic carbocycles. The van der Waals surface area contributed by atoms with Crippen LogP contribution in [0.2, 0.25) is 0 Å². The summed E-state index contributed by atoms with van der Waals surface area (Å²) in [5, 5.41) is 7.72. The van der Waals surface area contributed by atoms with Crippen molar-refractivity contribution in [3.05, 3.63) is 16.1 Å². The zero-order chi connectivity index (χ0) is 16.8. The van der Waals surface area contributed by atoms with E-state index < -0.39 is 0 Å². The lowest BCUT2D eigenvalue weighted by atomic mass is 9.96. The number of hydrogen-bond donors (Lipinski definition) is 1. The summed E-state index contributed by atoms with van der Waals surface area (Å²) in [6.45, 7) is 5.39. The Morgan fingerprint density at radius 2 is 2.12 bits per heavy atom. The van der Waals surface area contributed by atoms with Crippen LogP contribution in [-0.4, -0.2) is 59.3 Å². The average Bonchev–Trinajstić information content (AvgIpc) is 3.03. The smallest absolute Gasteiger partial charge is 0.169 e. The molecule has 3 rings (SSSR count). The summed E-state index contributed by atoms with van der Waals surface area (Å²) in [7, 11) is 2.05. The molecule has 0 spiro atoms. The van der Waals surface area contributed by atoms with Crippen LogP contribution in [0.3, 0.4) is 0 Å². The van der Waals surface area contributed by atoms with E-state index in [9.17, 15) is 0 Å². The lowest BCUT2D eigenvalue weighted by Crippen LogP contribution is -2.43. The Morgan fingerprint density at radius 1 is 1.38 bits per heavy atom. The summed E-state index contributed by atoms with van der Waals surface area (Å²) in [6.07, 6.45) is 6.50. The molecule has 134 valence electrons. The maximum absolute atomic E-state index is 5.56. The molecular weight excluding hydrogens is 340 g/mol. The molecule has 2 heterocycles. The molecule has 0 radical (unpaired) electrons. The first kappa shape index (κ1) is 18.0. The fraction of sp³-hybridized carbons (Fsp3) is 0.765. The van der Waals surface area contributed by atoms with Crippen LogP contribution >= 0.6 is 23.6 Å².